The molecule has 0 nitrogen and oxygen atoms in total. The molecule has 3 aromatic carbocycles. The molecule has 18 heavy (non-hydrogen) atoms. The van der Waals surface area contributed by atoms with Crippen molar-refractivity contribution < 1.29 is 11.0 Å². The van der Waals surface area contributed by atoms with E-state index in [9.17, 15) is 0 Å². The highest BCUT2D eigenvalue weighted by atomic mass is 14.1. The maximum absolute atomic E-state index is 8.35. The fourth-order valence-electron chi connectivity index (χ4n) is 2.49. The molecule has 90 valence electrons. The Morgan fingerprint density at radius 3 is 1.17 bits per heavy atom. The first-order chi connectivity index (χ1) is 12.2. The van der Waals surface area contributed by atoms with Crippen molar-refractivity contribution in [2.75, 3.05) is 0 Å². The molecule has 0 saturated carbocycles. The first-order valence-corrected chi connectivity index (χ1v) is 6.12. The third-order valence-electron chi connectivity index (χ3n) is 3.29. The van der Waals surface area contributed by atoms with E-state index in [2.05, 4.69) is 0 Å². The second-order valence-electron chi connectivity index (χ2n) is 4.16. The molecule has 0 aliphatic carbocycles. The molecule has 0 atom stereocenters. The molecular formula is C18H18. The van der Waals surface area contributed by atoms with Crippen molar-refractivity contribution in [2.24, 2.45) is 0 Å². The quantitative estimate of drug-likeness (QED) is 0.547. The van der Waals surface area contributed by atoms with E-state index in [1.165, 1.54) is 0 Å². The zero-order chi connectivity index (χ0) is 19.5. The Balaban J connectivity index is 2.86. The fourth-order valence-corrected chi connectivity index (χ4v) is 2.49. The maximum atomic E-state index is 8.35. The van der Waals surface area contributed by atoms with Gasteiger partial charge in [-0.3, -0.25) is 0 Å². The van der Waals surface area contributed by atoms with E-state index >= 15 is 0 Å². The molecule has 3 aromatic rings. The van der Waals surface area contributed by atoms with Gasteiger partial charge in [0, 0.05) is 0 Å². The lowest BCUT2D eigenvalue weighted by Crippen LogP contribution is -1.93. The van der Waals surface area contributed by atoms with Crippen LogP contribution in [0, 0.1) is 0 Å². The van der Waals surface area contributed by atoms with Gasteiger partial charge in [-0.2, -0.15) is 0 Å². The van der Waals surface area contributed by atoms with Crippen LogP contribution in [0.15, 0.2) is 48.3 Å². The van der Waals surface area contributed by atoms with Gasteiger partial charge in [-0.25, -0.2) is 0 Å². The molecule has 3 rings (SSSR count). The van der Waals surface area contributed by atoms with Crippen LogP contribution in [0.3, 0.4) is 0 Å². The fraction of sp³-hybridized carbons (Fsp3) is 0.222. The van der Waals surface area contributed by atoms with Gasteiger partial charge in [0.2, 0.25) is 0 Å². The zero-order valence-electron chi connectivity index (χ0n) is 18.4. The molecule has 0 aliphatic rings. The van der Waals surface area contributed by atoms with Gasteiger partial charge in [-0.1, -0.05) is 62.2 Å². The lowest BCUT2D eigenvalue weighted by atomic mass is 9.90. The van der Waals surface area contributed by atoms with Crippen LogP contribution in [0.5, 0.6) is 0 Å². The minimum Gasteiger partial charge on any atom is -0.0616 e. The maximum Gasteiger partial charge on any atom is 0.0629 e. The van der Waals surface area contributed by atoms with Crippen LogP contribution in [0.2, 0.25) is 0 Å². The van der Waals surface area contributed by atoms with Crippen molar-refractivity contribution in [3.05, 3.63) is 59.5 Å². The first kappa shape index (κ1) is 5.44. The van der Waals surface area contributed by atoms with Gasteiger partial charge in [-0.05, 0) is 45.5 Å². The highest BCUT2D eigenvalue weighted by molar-refractivity contribution is 6.05. The predicted octanol–water partition coefficient (Wildman–Crippen LogP) is 5.12. The van der Waals surface area contributed by atoms with Gasteiger partial charge in [0.15, 0.2) is 0 Å². The Kier molecular flexibility index (Phi) is 1.35. The van der Waals surface area contributed by atoms with Crippen molar-refractivity contribution >= 4 is 21.5 Å². The number of hydrogen-bond donors (Lipinski definition) is 0. The summed E-state index contributed by atoms with van der Waals surface area (Å²) >= 11 is 0. The molecule has 0 heteroatoms. The summed E-state index contributed by atoms with van der Waals surface area (Å²) in [6.07, 6.45) is 0.780. The average Bonchev–Trinajstić information content (AvgIpc) is 2.64. The summed E-state index contributed by atoms with van der Waals surface area (Å²) in [6.45, 7) is 3.64. The van der Waals surface area contributed by atoms with Crippen molar-refractivity contribution in [3.63, 3.8) is 0 Å². The molecule has 0 N–H and O–H groups in total. The number of aryl methyl sites for hydroxylation is 2. The minimum absolute atomic E-state index is 0.165. The van der Waals surface area contributed by atoms with E-state index in [4.69, 9.17) is 11.0 Å². The highest BCUT2D eigenvalue weighted by Gasteiger charge is 2.10. The summed E-state index contributed by atoms with van der Waals surface area (Å²) in [7, 11) is 0. The molecular weight excluding hydrogens is 216 g/mol. The van der Waals surface area contributed by atoms with Crippen LogP contribution in [0.4, 0.5) is 0 Å². The zero-order valence-corrected chi connectivity index (χ0v) is 10.4. The Hall–Kier alpha value is -1.82. The van der Waals surface area contributed by atoms with Gasteiger partial charge in [0.1, 0.15) is 0 Å². The van der Waals surface area contributed by atoms with Gasteiger partial charge >= 0.3 is 0 Å². The average molecular weight is 242 g/mol. The normalized spacial score (nSPS) is 17.4. The molecule has 0 heterocycles. The molecule has 0 aliphatic heterocycles. The smallest absolute Gasteiger partial charge is 0.0616 e. The standard InChI is InChI=1S/C18H18/c1-3-13-15-9-5-7-11-17(15)14(4-2)18-12-8-6-10-16(13)18/h5-12H,3-4H2,1-2H3/i5D,6D,7D,8D,9D,10D,11D,12D. The second-order valence-corrected chi connectivity index (χ2v) is 4.16. The van der Waals surface area contributed by atoms with Crippen LogP contribution in [0.1, 0.15) is 35.9 Å². The van der Waals surface area contributed by atoms with Gasteiger partial charge < -0.3 is 0 Å². The third-order valence-corrected chi connectivity index (χ3v) is 3.29. The van der Waals surface area contributed by atoms with Crippen LogP contribution in [-0.4, -0.2) is 0 Å². The van der Waals surface area contributed by atoms with E-state index < -0.39 is 0 Å². The predicted molar refractivity (Wildman–Crippen MR) is 80.2 cm³/mol. The molecule has 0 amide bonds. The third kappa shape index (κ3) is 1.53. The number of rotatable bonds is 2. The monoisotopic (exact) mass is 242 g/mol. The lowest BCUT2D eigenvalue weighted by molar-refractivity contribution is 1.15. The van der Waals surface area contributed by atoms with E-state index in [-0.39, 0.29) is 48.3 Å². The van der Waals surface area contributed by atoms with Crippen molar-refractivity contribution in [1.29, 1.82) is 0 Å². The number of hydrogen-bond acceptors (Lipinski definition) is 0. The number of fused-ring (bicyclic) bond motifs is 2. The lowest BCUT2D eigenvalue weighted by Gasteiger charge is -2.14. The Morgan fingerprint density at radius 2 is 0.944 bits per heavy atom. The summed E-state index contributed by atoms with van der Waals surface area (Å²) in [6, 6.07) is -2.00. The summed E-state index contributed by atoms with van der Waals surface area (Å²) < 4.78 is 65.4. The van der Waals surface area contributed by atoms with Gasteiger partial charge in [-0.15, -0.1) is 0 Å². The molecule has 0 saturated heterocycles. The van der Waals surface area contributed by atoms with Gasteiger partial charge in [0.25, 0.3) is 0 Å². The van der Waals surface area contributed by atoms with Crippen molar-refractivity contribution in [3.8, 4) is 0 Å². The minimum atomic E-state index is -0.334. The summed E-state index contributed by atoms with van der Waals surface area (Å²) in [5.41, 5.74) is 1.07. The van der Waals surface area contributed by atoms with E-state index in [1.807, 2.05) is 13.8 Å². The Bertz CT molecular complexity index is 918. The van der Waals surface area contributed by atoms with Crippen LogP contribution in [-0.2, 0) is 12.8 Å². The number of benzene rings is 3. The topological polar surface area (TPSA) is 0 Å². The second kappa shape index (κ2) is 4.45. The summed E-state index contributed by atoms with van der Waals surface area (Å²) in [5, 5.41) is 1.42. The Labute approximate surface area is 119 Å². The summed E-state index contributed by atoms with van der Waals surface area (Å²) in [5.74, 6) is 0. The van der Waals surface area contributed by atoms with Crippen LogP contribution < -0.4 is 0 Å². The molecule has 0 aromatic heterocycles. The van der Waals surface area contributed by atoms with Crippen LogP contribution in [0.25, 0.3) is 21.5 Å². The van der Waals surface area contributed by atoms with E-state index in [1.54, 1.807) is 0 Å². The SMILES string of the molecule is [2H]c1c([2H])c([2H])c2c(CC)c3c([2H])c([2H])c([2H])c([2H])c3c(CC)c2c1[2H]. The van der Waals surface area contributed by atoms with Crippen LogP contribution >= 0.6 is 0 Å². The first-order valence-electron chi connectivity index (χ1n) is 10.1. The van der Waals surface area contributed by atoms with Crippen molar-refractivity contribution in [2.45, 2.75) is 26.7 Å². The molecule has 0 spiro atoms. The molecule has 0 radical (unpaired) electrons. The van der Waals surface area contributed by atoms with Crippen molar-refractivity contribution in [1.82, 2.24) is 0 Å². The Morgan fingerprint density at radius 1 is 0.667 bits per heavy atom. The van der Waals surface area contributed by atoms with E-state index in [0.717, 1.165) is 0 Å². The highest BCUT2D eigenvalue weighted by Crippen LogP contribution is 2.33. The van der Waals surface area contributed by atoms with E-state index in [0.29, 0.717) is 45.5 Å². The molecule has 0 fully saturated rings. The molecule has 0 bridgehead atoms. The summed E-state index contributed by atoms with van der Waals surface area (Å²) in [4.78, 5) is 0. The largest absolute Gasteiger partial charge is 0.0629 e. The van der Waals surface area contributed by atoms with Gasteiger partial charge in [0.05, 0.1) is 11.0 Å². The molecule has 0 unspecified atom stereocenters.